The standard InChI is InChI=1S/C12H22N2O/c1-12(6-3-7-12)14-11(15)10-5-2-4-9(10)8-13/h9-10H,2-8,13H2,1H3,(H,14,15). The van der Waals surface area contributed by atoms with E-state index in [1.165, 1.54) is 6.42 Å². The SMILES string of the molecule is CC1(NC(=O)C2CCCC2CN)CCC1. The van der Waals surface area contributed by atoms with Crippen LogP contribution in [0.4, 0.5) is 0 Å². The molecular formula is C12H22N2O. The summed E-state index contributed by atoms with van der Waals surface area (Å²) < 4.78 is 0. The van der Waals surface area contributed by atoms with E-state index in [-0.39, 0.29) is 17.4 Å². The highest BCUT2D eigenvalue weighted by molar-refractivity contribution is 5.80. The monoisotopic (exact) mass is 210 g/mol. The molecule has 15 heavy (non-hydrogen) atoms. The highest BCUT2D eigenvalue weighted by Crippen LogP contribution is 2.35. The van der Waals surface area contributed by atoms with E-state index >= 15 is 0 Å². The molecule has 2 aliphatic carbocycles. The molecule has 2 rings (SSSR count). The molecule has 2 saturated carbocycles. The number of hydrogen-bond acceptors (Lipinski definition) is 2. The number of hydrogen-bond donors (Lipinski definition) is 2. The van der Waals surface area contributed by atoms with Gasteiger partial charge >= 0.3 is 0 Å². The van der Waals surface area contributed by atoms with Gasteiger partial charge in [-0.15, -0.1) is 0 Å². The number of rotatable bonds is 3. The van der Waals surface area contributed by atoms with Crippen LogP contribution in [0.5, 0.6) is 0 Å². The summed E-state index contributed by atoms with van der Waals surface area (Å²) in [6.07, 6.45) is 6.85. The topological polar surface area (TPSA) is 55.1 Å². The Kier molecular flexibility index (Phi) is 3.01. The summed E-state index contributed by atoms with van der Waals surface area (Å²) in [6, 6.07) is 0. The van der Waals surface area contributed by atoms with Gasteiger partial charge in [-0.25, -0.2) is 0 Å². The molecule has 2 aliphatic rings. The van der Waals surface area contributed by atoms with Crippen molar-refractivity contribution >= 4 is 5.91 Å². The molecule has 0 bridgehead atoms. The number of carbonyl (C=O) groups is 1. The fourth-order valence-electron chi connectivity index (χ4n) is 2.89. The third kappa shape index (κ3) is 2.17. The van der Waals surface area contributed by atoms with Gasteiger partial charge in [0.15, 0.2) is 0 Å². The van der Waals surface area contributed by atoms with Crippen LogP contribution in [0.3, 0.4) is 0 Å². The van der Waals surface area contributed by atoms with Crippen molar-refractivity contribution in [3.8, 4) is 0 Å². The van der Waals surface area contributed by atoms with E-state index in [0.717, 1.165) is 32.1 Å². The van der Waals surface area contributed by atoms with Crippen LogP contribution in [-0.2, 0) is 4.79 Å². The second kappa shape index (κ2) is 4.12. The van der Waals surface area contributed by atoms with Gasteiger partial charge in [-0.3, -0.25) is 4.79 Å². The molecule has 2 fully saturated rings. The van der Waals surface area contributed by atoms with E-state index in [2.05, 4.69) is 12.2 Å². The molecule has 1 amide bonds. The third-order valence-corrected chi connectivity index (χ3v) is 4.18. The minimum atomic E-state index is 0.0961. The molecule has 86 valence electrons. The van der Waals surface area contributed by atoms with Crippen LogP contribution in [-0.4, -0.2) is 18.0 Å². The first-order valence-electron chi connectivity index (χ1n) is 6.17. The first-order valence-corrected chi connectivity index (χ1v) is 6.17. The minimum Gasteiger partial charge on any atom is -0.351 e. The first kappa shape index (κ1) is 10.9. The van der Waals surface area contributed by atoms with Crippen LogP contribution >= 0.6 is 0 Å². The smallest absolute Gasteiger partial charge is 0.223 e. The van der Waals surface area contributed by atoms with Gasteiger partial charge in [0.25, 0.3) is 0 Å². The molecule has 0 aromatic carbocycles. The van der Waals surface area contributed by atoms with E-state index in [1.54, 1.807) is 0 Å². The molecular weight excluding hydrogens is 188 g/mol. The van der Waals surface area contributed by atoms with Crippen LogP contribution in [0.15, 0.2) is 0 Å². The largest absolute Gasteiger partial charge is 0.351 e. The normalized spacial score (nSPS) is 33.5. The van der Waals surface area contributed by atoms with E-state index in [9.17, 15) is 4.79 Å². The highest BCUT2D eigenvalue weighted by atomic mass is 16.2. The Balaban J connectivity index is 1.89. The minimum absolute atomic E-state index is 0.0961. The molecule has 3 nitrogen and oxygen atoms in total. The summed E-state index contributed by atoms with van der Waals surface area (Å²) in [6.45, 7) is 2.82. The Morgan fingerprint density at radius 3 is 2.67 bits per heavy atom. The zero-order valence-electron chi connectivity index (χ0n) is 9.59. The average Bonchev–Trinajstić information content (AvgIpc) is 2.62. The van der Waals surface area contributed by atoms with Crippen molar-refractivity contribution < 1.29 is 4.79 Å². The van der Waals surface area contributed by atoms with Crippen LogP contribution in [0, 0.1) is 11.8 Å². The fraction of sp³-hybridized carbons (Fsp3) is 0.917. The molecule has 3 N–H and O–H groups in total. The van der Waals surface area contributed by atoms with Crippen LogP contribution < -0.4 is 11.1 Å². The van der Waals surface area contributed by atoms with Gasteiger partial charge in [-0.1, -0.05) is 6.42 Å². The summed E-state index contributed by atoms with van der Waals surface area (Å²) in [5.41, 5.74) is 5.79. The van der Waals surface area contributed by atoms with Gasteiger partial charge in [0.05, 0.1) is 0 Å². The van der Waals surface area contributed by atoms with Crippen molar-refractivity contribution in [3.63, 3.8) is 0 Å². The van der Waals surface area contributed by atoms with Gasteiger partial charge in [-0.2, -0.15) is 0 Å². The Labute approximate surface area is 91.8 Å². The van der Waals surface area contributed by atoms with Crippen molar-refractivity contribution in [2.75, 3.05) is 6.54 Å². The number of nitrogens with one attached hydrogen (secondary N) is 1. The van der Waals surface area contributed by atoms with Gasteiger partial charge in [0.1, 0.15) is 0 Å². The summed E-state index contributed by atoms with van der Waals surface area (Å²) in [7, 11) is 0. The molecule has 0 saturated heterocycles. The number of carbonyl (C=O) groups excluding carboxylic acids is 1. The van der Waals surface area contributed by atoms with Crippen LogP contribution in [0.1, 0.15) is 45.4 Å². The van der Waals surface area contributed by atoms with Crippen molar-refractivity contribution in [1.82, 2.24) is 5.32 Å². The van der Waals surface area contributed by atoms with Crippen molar-refractivity contribution in [2.24, 2.45) is 17.6 Å². The fourth-order valence-corrected chi connectivity index (χ4v) is 2.89. The van der Waals surface area contributed by atoms with E-state index in [1.807, 2.05) is 0 Å². The predicted octanol–water partition coefficient (Wildman–Crippen LogP) is 1.42. The van der Waals surface area contributed by atoms with E-state index < -0.39 is 0 Å². The van der Waals surface area contributed by atoms with Crippen molar-refractivity contribution in [1.29, 1.82) is 0 Å². The number of amides is 1. The van der Waals surface area contributed by atoms with Gasteiger partial charge in [0, 0.05) is 11.5 Å². The van der Waals surface area contributed by atoms with Crippen LogP contribution in [0.2, 0.25) is 0 Å². The molecule has 2 atom stereocenters. The number of nitrogens with two attached hydrogens (primary N) is 1. The maximum Gasteiger partial charge on any atom is 0.223 e. The van der Waals surface area contributed by atoms with Gasteiger partial charge < -0.3 is 11.1 Å². The van der Waals surface area contributed by atoms with Crippen molar-refractivity contribution in [2.45, 2.75) is 51.0 Å². The summed E-state index contributed by atoms with van der Waals surface area (Å²) in [5, 5.41) is 3.20. The van der Waals surface area contributed by atoms with Gasteiger partial charge in [0.2, 0.25) is 5.91 Å². The van der Waals surface area contributed by atoms with Gasteiger partial charge in [-0.05, 0) is 51.5 Å². The maximum atomic E-state index is 12.1. The zero-order chi connectivity index (χ0) is 10.9. The second-order valence-corrected chi connectivity index (χ2v) is 5.44. The molecule has 3 heteroatoms. The quantitative estimate of drug-likeness (QED) is 0.740. The maximum absolute atomic E-state index is 12.1. The summed E-state index contributed by atoms with van der Waals surface area (Å²) >= 11 is 0. The lowest BCUT2D eigenvalue weighted by Crippen LogP contribution is -2.53. The van der Waals surface area contributed by atoms with Crippen LogP contribution in [0.25, 0.3) is 0 Å². The molecule has 0 heterocycles. The first-order chi connectivity index (χ1) is 7.14. The molecule has 0 aliphatic heterocycles. The van der Waals surface area contributed by atoms with Crippen molar-refractivity contribution in [3.05, 3.63) is 0 Å². The molecule has 0 aromatic heterocycles. The average molecular weight is 210 g/mol. The Bertz CT molecular complexity index is 248. The highest BCUT2D eigenvalue weighted by Gasteiger charge is 2.38. The van der Waals surface area contributed by atoms with E-state index in [4.69, 9.17) is 5.73 Å². The second-order valence-electron chi connectivity index (χ2n) is 5.44. The Morgan fingerprint density at radius 2 is 2.13 bits per heavy atom. The lowest BCUT2D eigenvalue weighted by Gasteiger charge is -2.40. The summed E-state index contributed by atoms with van der Waals surface area (Å²) in [4.78, 5) is 12.1. The molecule has 0 aromatic rings. The lowest BCUT2D eigenvalue weighted by atomic mass is 9.78. The molecule has 2 unspecified atom stereocenters. The Hall–Kier alpha value is -0.570. The molecule has 0 spiro atoms. The van der Waals surface area contributed by atoms with E-state index in [0.29, 0.717) is 12.5 Å². The predicted molar refractivity (Wildman–Crippen MR) is 60.3 cm³/mol. The molecule has 0 radical (unpaired) electrons. The summed E-state index contributed by atoms with van der Waals surface area (Å²) in [5.74, 6) is 0.867. The third-order valence-electron chi connectivity index (χ3n) is 4.18. The Morgan fingerprint density at radius 1 is 1.40 bits per heavy atom. The zero-order valence-corrected chi connectivity index (χ0v) is 9.59. The lowest BCUT2D eigenvalue weighted by molar-refractivity contribution is -0.128.